The van der Waals surface area contributed by atoms with E-state index in [0.717, 1.165) is 0 Å². The van der Waals surface area contributed by atoms with Crippen LogP contribution in [-0.4, -0.2) is 58.7 Å². The van der Waals surface area contributed by atoms with Crippen LogP contribution in [0.3, 0.4) is 0 Å². The summed E-state index contributed by atoms with van der Waals surface area (Å²) in [6.45, 7) is 0. The predicted octanol–water partition coefficient (Wildman–Crippen LogP) is 2.86. The second-order valence-electron chi connectivity index (χ2n) is 5.54. The zero-order valence-corrected chi connectivity index (χ0v) is 17.3. The van der Waals surface area contributed by atoms with Crippen molar-refractivity contribution in [2.75, 3.05) is 0 Å². The zero-order valence-electron chi connectivity index (χ0n) is 14.2. The van der Waals surface area contributed by atoms with Crippen LogP contribution in [-0.2, 0) is 4.79 Å². The molecule has 0 aliphatic heterocycles. The molecule has 0 saturated heterocycles. The minimum Gasteiger partial charge on any atom is -0.481 e. The molecule has 0 amide bonds. The molecule has 20 heteroatoms. The summed E-state index contributed by atoms with van der Waals surface area (Å²) in [5, 5.41) is 7.98. The van der Waals surface area contributed by atoms with Gasteiger partial charge in [-0.25, -0.2) is 0 Å². The number of halogens is 17. The Bertz CT molecular complexity index is 653. The molecule has 1 N–H and O–H groups in total. The van der Waals surface area contributed by atoms with Crippen LogP contribution in [0.1, 0.15) is 12.8 Å². The van der Waals surface area contributed by atoms with Crippen molar-refractivity contribution in [2.24, 2.45) is 0 Å². The predicted molar refractivity (Wildman–Crippen MR) is 57.6 cm³/mol. The van der Waals surface area contributed by atoms with Gasteiger partial charge in [0.2, 0.25) is 0 Å². The van der Waals surface area contributed by atoms with Gasteiger partial charge >= 0.3 is 105 Å². The molecular weight excluding hydrogens is 526 g/mol. The summed E-state index contributed by atoms with van der Waals surface area (Å²) < 4.78 is 218. The topological polar surface area (TPSA) is 37.3 Å². The van der Waals surface area contributed by atoms with E-state index in [1.165, 1.54) is 0 Å². The van der Waals surface area contributed by atoms with Gasteiger partial charge in [-0.15, -0.1) is 0 Å². The van der Waals surface area contributed by atoms with E-state index in [-0.39, 0.29) is 51.4 Å². The van der Waals surface area contributed by atoms with Crippen LogP contribution in [0, 0.1) is 0 Å². The van der Waals surface area contributed by atoms with Crippen LogP contribution >= 0.6 is 0 Å². The van der Waals surface area contributed by atoms with Gasteiger partial charge in [0.15, 0.2) is 0 Å². The molecule has 2 nitrogen and oxygen atoms in total. The summed E-state index contributed by atoms with van der Waals surface area (Å²) in [7, 11) is 0. The monoisotopic (exact) mass is 531 g/mol. The summed E-state index contributed by atoms with van der Waals surface area (Å²) in [5.41, 5.74) is 0. The third-order valence-electron chi connectivity index (χ3n) is 3.44. The van der Waals surface area contributed by atoms with Crippen LogP contribution in [0.4, 0.5) is 74.6 Å². The Labute approximate surface area is 201 Å². The number of carboxylic acids is 1. The van der Waals surface area contributed by atoms with E-state index >= 15 is 0 Å². The first-order chi connectivity index (χ1) is 12.7. The smallest absolute Gasteiger partial charge is 0.481 e. The van der Waals surface area contributed by atoms with E-state index in [9.17, 15) is 79.4 Å². The number of hydrogen-bond donors (Lipinski definition) is 1. The molecule has 0 heterocycles. The molecule has 0 aliphatic carbocycles. The van der Waals surface area contributed by atoms with Gasteiger partial charge in [0, 0.05) is 6.42 Å². The van der Waals surface area contributed by atoms with E-state index in [1.807, 2.05) is 0 Å². The average Bonchev–Trinajstić information content (AvgIpc) is 2.50. The van der Waals surface area contributed by atoms with Crippen molar-refractivity contribution in [3.8, 4) is 0 Å². The van der Waals surface area contributed by atoms with Gasteiger partial charge in [-0.05, 0) is 0 Å². The van der Waals surface area contributed by atoms with Crippen LogP contribution in [0.2, 0.25) is 0 Å². The fourth-order valence-electron chi connectivity index (χ4n) is 1.62. The van der Waals surface area contributed by atoms with Crippen molar-refractivity contribution in [2.45, 2.75) is 60.5 Å². The maximum atomic E-state index is 13.2. The fraction of sp³-hybridized carbons (Fsp3) is 0.909. The van der Waals surface area contributed by atoms with Crippen LogP contribution in [0.5, 0.6) is 0 Å². The first kappa shape index (κ1) is 33.1. The van der Waals surface area contributed by atoms with Gasteiger partial charge in [0.25, 0.3) is 0 Å². The molecule has 0 spiro atoms. The largest absolute Gasteiger partial charge is 1.00 e. The van der Waals surface area contributed by atoms with E-state index in [2.05, 4.69) is 0 Å². The Hall–Kier alpha value is -0.0836. The fourth-order valence-corrected chi connectivity index (χ4v) is 1.62. The molecule has 0 aromatic rings. The average molecular weight is 531 g/mol. The quantitative estimate of drug-likeness (QED) is 0.368. The number of carbonyl (C=O) groups is 1. The number of rotatable bonds is 9. The molecule has 0 aromatic carbocycles. The normalized spacial score (nSPS) is 15.5. The maximum absolute atomic E-state index is 13.2. The molecule has 31 heavy (non-hydrogen) atoms. The molecule has 0 atom stereocenters. The number of carboxylic acid groups (broad SMARTS) is 1. The van der Waals surface area contributed by atoms with Crippen molar-refractivity contribution < 1.29 is 136 Å². The first-order valence-electron chi connectivity index (χ1n) is 6.60. The van der Waals surface area contributed by atoms with Crippen molar-refractivity contribution in [3.05, 3.63) is 0 Å². The summed E-state index contributed by atoms with van der Waals surface area (Å²) in [6, 6.07) is 0. The Morgan fingerprint density at radius 3 is 1.03 bits per heavy atom. The van der Waals surface area contributed by atoms with Gasteiger partial charge in [-0.1, -0.05) is 0 Å². The molecular formula is C11H5F17KO2+. The van der Waals surface area contributed by atoms with Crippen molar-refractivity contribution in [1.29, 1.82) is 0 Å². The molecule has 0 bridgehead atoms. The van der Waals surface area contributed by atoms with Crippen LogP contribution < -0.4 is 51.4 Å². The first-order valence-corrected chi connectivity index (χ1v) is 6.60. The van der Waals surface area contributed by atoms with E-state index in [0.29, 0.717) is 0 Å². The van der Waals surface area contributed by atoms with Crippen molar-refractivity contribution in [3.63, 3.8) is 0 Å². The van der Waals surface area contributed by atoms with Crippen LogP contribution in [0.15, 0.2) is 0 Å². The Kier molecular flexibility index (Phi) is 9.54. The summed E-state index contributed by atoms with van der Waals surface area (Å²) in [5.74, 6) is -59.4. The van der Waals surface area contributed by atoms with Crippen molar-refractivity contribution in [1.82, 2.24) is 0 Å². The molecule has 0 fully saturated rings. The zero-order chi connectivity index (χ0) is 25.0. The van der Waals surface area contributed by atoms with E-state index in [4.69, 9.17) is 5.11 Å². The Morgan fingerprint density at radius 2 is 0.774 bits per heavy atom. The molecule has 0 unspecified atom stereocenters. The SMILES string of the molecule is O=C(O)CCC(F)(F)C(F)(F)C(F)(F)C(F)(F)C(F)(F)C(F)(F)C(F)(F)C(F)(F)F.[K+]. The standard InChI is InChI=1S/C11H5F17O2.K/c12-4(13,2-1-3(29)30)5(14,15)6(16,17)7(18,19)8(20,21)9(22,23)10(24,25)11(26,27)28;/h1-2H2,(H,29,30);/q;+1. The van der Waals surface area contributed by atoms with Crippen LogP contribution in [0.25, 0.3) is 0 Å². The summed E-state index contributed by atoms with van der Waals surface area (Å²) >= 11 is 0. The number of hydrogen-bond acceptors (Lipinski definition) is 1. The van der Waals surface area contributed by atoms with E-state index in [1.54, 1.807) is 0 Å². The summed E-state index contributed by atoms with van der Waals surface area (Å²) in [6.07, 6.45) is -13.0. The molecule has 0 aromatic heterocycles. The second kappa shape index (κ2) is 8.93. The van der Waals surface area contributed by atoms with Gasteiger partial charge in [-0.2, -0.15) is 74.6 Å². The van der Waals surface area contributed by atoms with Gasteiger partial charge in [0.1, 0.15) is 0 Å². The van der Waals surface area contributed by atoms with Gasteiger partial charge < -0.3 is 5.11 Å². The maximum Gasteiger partial charge on any atom is 1.00 e. The molecule has 0 aliphatic rings. The third-order valence-corrected chi connectivity index (χ3v) is 3.44. The molecule has 0 saturated carbocycles. The van der Waals surface area contributed by atoms with Gasteiger partial charge in [0.05, 0.1) is 6.42 Å². The number of alkyl halides is 17. The van der Waals surface area contributed by atoms with Gasteiger partial charge in [-0.3, -0.25) is 4.79 Å². The van der Waals surface area contributed by atoms with Crippen molar-refractivity contribution >= 4 is 5.97 Å². The third kappa shape index (κ3) is 4.91. The molecule has 180 valence electrons. The molecule has 0 radical (unpaired) electrons. The number of aliphatic carboxylic acids is 1. The Balaban J connectivity index is 0. The Morgan fingerprint density at radius 1 is 0.516 bits per heavy atom. The van der Waals surface area contributed by atoms with E-state index < -0.39 is 66.4 Å². The molecule has 0 rings (SSSR count). The second-order valence-corrected chi connectivity index (χ2v) is 5.54. The minimum absolute atomic E-state index is 0. The minimum atomic E-state index is -8.69. The summed E-state index contributed by atoms with van der Waals surface area (Å²) in [4.78, 5) is 9.99.